The Morgan fingerprint density at radius 2 is 1.79 bits per heavy atom. The molecule has 5 nitrogen and oxygen atoms in total. The van der Waals surface area contributed by atoms with E-state index in [1.54, 1.807) is 0 Å². The molecule has 1 aromatic heterocycles. The van der Waals surface area contributed by atoms with Gasteiger partial charge in [-0.1, -0.05) is 31.7 Å². The van der Waals surface area contributed by atoms with Gasteiger partial charge >= 0.3 is 0 Å². The van der Waals surface area contributed by atoms with Crippen LogP contribution in [-0.2, 0) is 6.54 Å². The van der Waals surface area contributed by atoms with Crippen molar-refractivity contribution in [2.24, 2.45) is 10.7 Å². The lowest BCUT2D eigenvalue weighted by Crippen LogP contribution is -2.39. The highest BCUT2D eigenvalue weighted by molar-refractivity contribution is 5.78. The third kappa shape index (κ3) is 5.39. The van der Waals surface area contributed by atoms with Gasteiger partial charge in [0.25, 0.3) is 0 Å². The Kier molecular flexibility index (Phi) is 6.33. The van der Waals surface area contributed by atoms with E-state index in [-0.39, 0.29) is 0 Å². The van der Waals surface area contributed by atoms with Crippen molar-refractivity contribution in [3.63, 3.8) is 0 Å². The molecular formula is C19H30N4O. The molecule has 2 aliphatic rings. The fraction of sp³-hybridized carbons (Fsp3) is 0.684. The summed E-state index contributed by atoms with van der Waals surface area (Å²) in [6, 6.07) is 4.45. The Morgan fingerprint density at radius 3 is 2.46 bits per heavy atom. The van der Waals surface area contributed by atoms with Crippen molar-refractivity contribution in [2.45, 2.75) is 82.9 Å². The minimum atomic E-state index is 0.348. The molecule has 0 saturated heterocycles. The number of pyridine rings is 1. The summed E-state index contributed by atoms with van der Waals surface area (Å²) in [7, 11) is 0. The van der Waals surface area contributed by atoms with Crippen LogP contribution < -0.4 is 15.8 Å². The molecule has 0 bridgehead atoms. The zero-order chi connectivity index (χ0) is 16.6. The van der Waals surface area contributed by atoms with Crippen molar-refractivity contribution >= 4 is 5.96 Å². The van der Waals surface area contributed by atoms with Crippen molar-refractivity contribution in [1.82, 2.24) is 10.3 Å². The molecule has 3 rings (SSSR count). The number of nitrogens with zero attached hydrogens (tertiary/aromatic N) is 2. The summed E-state index contributed by atoms with van der Waals surface area (Å²) in [5.41, 5.74) is 7.09. The number of nitrogens with two attached hydrogens (primary N) is 1. The second-order valence-electron chi connectivity index (χ2n) is 7.06. The average Bonchev–Trinajstić information content (AvgIpc) is 2.97. The Morgan fingerprint density at radius 1 is 1.08 bits per heavy atom. The first-order valence-corrected chi connectivity index (χ1v) is 9.47. The number of nitrogens with one attached hydrogen (secondary N) is 1. The molecule has 3 N–H and O–H groups in total. The van der Waals surface area contributed by atoms with Crippen molar-refractivity contribution in [3.05, 3.63) is 23.9 Å². The van der Waals surface area contributed by atoms with Gasteiger partial charge < -0.3 is 15.8 Å². The van der Waals surface area contributed by atoms with Crippen LogP contribution in [0, 0.1) is 0 Å². The number of guanidine groups is 1. The van der Waals surface area contributed by atoms with Crippen molar-refractivity contribution in [1.29, 1.82) is 0 Å². The molecule has 132 valence electrons. The molecule has 24 heavy (non-hydrogen) atoms. The Hall–Kier alpha value is -1.78. The van der Waals surface area contributed by atoms with Gasteiger partial charge in [-0.3, -0.25) is 0 Å². The molecule has 0 aliphatic heterocycles. The van der Waals surface area contributed by atoms with Crippen LogP contribution >= 0.6 is 0 Å². The van der Waals surface area contributed by atoms with Gasteiger partial charge in [0.05, 0.1) is 6.54 Å². The third-order valence-electron chi connectivity index (χ3n) is 5.03. The molecular weight excluding hydrogens is 300 g/mol. The van der Waals surface area contributed by atoms with Gasteiger partial charge in [-0.2, -0.15) is 0 Å². The van der Waals surface area contributed by atoms with Crippen LogP contribution in [0.1, 0.15) is 69.8 Å². The molecule has 2 saturated carbocycles. The minimum Gasteiger partial charge on any atom is -0.474 e. The summed E-state index contributed by atoms with van der Waals surface area (Å²) in [5.74, 6) is 1.27. The van der Waals surface area contributed by atoms with Crippen molar-refractivity contribution in [3.8, 4) is 5.88 Å². The first kappa shape index (κ1) is 17.1. The topological polar surface area (TPSA) is 72.5 Å². The lowest BCUT2D eigenvalue weighted by atomic mass is 10.1. The maximum absolute atomic E-state index is 6.04. The fourth-order valence-electron chi connectivity index (χ4n) is 3.61. The van der Waals surface area contributed by atoms with E-state index in [2.05, 4.69) is 15.3 Å². The molecule has 0 atom stereocenters. The Balaban J connectivity index is 1.45. The highest BCUT2D eigenvalue weighted by Crippen LogP contribution is 2.23. The largest absolute Gasteiger partial charge is 0.474 e. The molecule has 0 radical (unpaired) electrons. The Labute approximate surface area is 145 Å². The number of aliphatic imine (C=N–C) groups is 1. The van der Waals surface area contributed by atoms with Crippen molar-refractivity contribution in [2.75, 3.05) is 0 Å². The van der Waals surface area contributed by atoms with E-state index in [9.17, 15) is 0 Å². The SMILES string of the molecule is NC(=NCc1ccc(OC2CCCC2)nc1)NC1CCCCCC1. The first-order valence-electron chi connectivity index (χ1n) is 9.47. The van der Waals surface area contributed by atoms with Crippen molar-refractivity contribution < 1.29 is 4.74 Å². The molecule has 2 fully saturated rings. The van der Waals surface area contributed by atoms with Gasteiger partial charge in [-0.15, -0.1) is 0 Å². The van der Waals surface area contributed by atoms with Crippen LogP contribution in [0.3, 0.4) is 0 Å². The number of aromatic nitrogens is 1. The predicted molar refractivity (Wildman–Crippen MR) is 97.1 cm³/mol. The summed E-state index contributed by atoms with van der Waals surface area (Å²) in [4.78, 5) is 8.85. The van der Waals surface area contributed by atoms with Gasteiger partial charge in [-0.05, 0) is 44.1 Å². The average molecular weight is 330 g/mol. The maximum atomic E-state index is 6.04. The summed E-state index contributed by atoms with van der Waals surface area (Å²) >= 11 is 0. The second kappa shape index (κ2) is 8.90. The fourth-order valence-corrected chi connectivity index (χ4v) is 3.61. The van der Waals surface area contributed by atoms with E-state index in [4.69, 9.17) is 10.5 Å². The van der Waals surface area contributed by atoms with Gasteiger partial charge in [0.1, 0.15) is 6.10 Å². The van der Waals surface area contributed by atoms with E-state index >= 15 is 0 Å². The van der Waals surface area contributed by atoms with Gasteiger partial charge in [0.15, 0.2) is 5.96 Å². The standard InChI is InChI=1S/C19H30N4O/c20-19(23-16-7-3-1-2-4-8-16)22-14-15-11-12-18(21-13-15)24-17-9-5-6-10-17/h11-13,16-17H,1-10,14H2,(H3,20,22,23). The van der Waals surface area contributed by atoms with E-state index in [0.717, 1.165) is 24.3 Å². The number of rotatable bonds is 5. The normalized spacial score (nSPS) is 20.8. The quantitative estimate of drug-likeness (QED) is 0.492. The minimum absolute atomic E-state index is 0.348. The zero-order valence-corrected chi connectivity index (χ0v) is 14.5. The molecule has 2 aliphatic carbocycles. The summed E-state index contributed by atoms with van der Waals surface area (Å²) in [5, 5.41) is 3.37. The second-order valence-corrected chi connectivity index (χ2v) is 7.06. The van der Waals surface area contributed by atoms with Crippen LogP contribution in [0.4, 0.5) is 0 Å². The molecule has 0 spiro atoms. The zero-order valence-electron chi connectivity index (χ0n) is 14.5. The monoisotopic (exact) mass is 330 g/mol. The first-order chi connectivity index (χ1) is 11.8. The van der Waals surface area contributed by atoms with Crippen LogP contribution in [-0.4, -0.2) is 23.1 Å². The summed E-state index contributed by atoms with van der Waals surface area (Å²) in [6.07, 6.45) is 14.7. The lowest BCUT2D eigenvalue weighted by molar-refractivity contribution is 0.201. The molecule has 0 aromatic carbocycles. The summed E-state index contributed by atoms with van der Waals surface area (Å²) < 4.78 is 5.88. The van der Waals surface area contributed by atoms with Crippen LogP contribution in [0.2, 0.25) is 0 Å². The van der Waals surface area contributed by atoms with E-state index in [1.807, 2.05) is 18.3 Å². The van der Waals surface area contributed by atoms with Crippen LogP contribution in [0.15, 0.2) is 23.3 Å². The number of ether oxygens (including phenoxy) is 1. The molecule has 0 amide bonds. The van der Waals surface area contributed by atoms with Gasteiger partial charge in [0.2, 0.25) is 5.88 Å². The Bertz CT molecular complexity index is 515. The van der Waals surface area contributed by atoms with Gasteiger partial charge in [-0.25, -0.2) is 9.98 Å². The lowest BCUT2D eigenvalue weighted by Gasteiger charge is -2.16. The van der Waals surface area contributed by atoms with Crippen LogP contribution in [0.25, 0.3) is 0 Å². The maximum Gasteiger partial charge on any atom is 0.213 e. The smallest absolute Gasteiger partial charge is 0.213 e. The predicted octanol–water partition coefficient (Wildman–Crippen LogP) is 3.53. The third-order valence-corrected chi connectivity index (χ3v) is 5.03. The number of hydrogen-bond acceptors (Lipinski definition) is 3. The van der Waals surface area contributed by atoms with Crippen LogP contribution in [0.5, 0.6) is 5.88 Å². The van der Waals surface area contributed by atoms with E-state index < -0.39 is 0 Å². The summed E-state index contributed by atoms with van der Waals surface area (Å²) in [6.45, 7) is 0.558. The molecule has 1 aromatic rings. The van der Waals surface area contributed by atoms with Gasteiger partial charge in [0, 0.05) is 18.3 Å². The van der Waals surface area contributed by atoms with E-state index in [1.165, 1.54) is 51.4 Å². The molecule has 0 unspecified atom stereocenters. The highest BCUT2D eigenvalue weighted by Gasteiger charge is 2.16. The number of hydrogen-bond donors (Lipinski definition) is 2. The molecule has 5 heteroatoms. The van der Waals surface area contributed by atoms with E-state index in [0.29, 0.717) is 24.7 Å². The highest BCUT2D eigenvalue weighted by atomic mass is 16.5. The molecule has 1 heterocycles.